The van der Waals surface area contributed by atoms with E-state index < -0.39 is 0 Å². The van der Waals surface area contributed by atoms with Gasteiger partial charge in [0.2, 0.25) is 0 Å². The third-order valence-corrected chi connectivity index (χ3v) is 3.26. The lowest BCUT2D eigenvalue weighted by Gasteiger charge is -2.23. The number of hydrogen-bond acceptors (Lipinski definition) is 2. The lowest BCUT2D eigenvalue weighted by Crippen LogP contribution is -2.31. The first-order valence-corrected chi connectivity index (χ1v) is 5.84. The number of nitrogens with zero attached hydrogens (tertiary/aromatic N) is 1. The van der Waals surface area contributed by atoms with Crippen LogP contribution in [0.5, 0.6) is 0 Å². The van der Waals surface area contributed by atoms with E-state index in [2.05, 4.69) is 15.3 Å². The van der Waals surface area contributed by atoms with Crippen molar-refractivity contribution in [2.75, 3.05) is 6.54 Å². The number of nitrogens with one attached hydrogen (secondary N) is 2. The maximum Gasteiger partial charge on any atom is 0.129 e. The fourth-order valence-electron chi connectivity index (χ4n) is 2.21. The van der Waals surface area contributed by atoms with E-state index in [4.69, 9.17) is 11.6 Å². The van der Waals surface area contributed by atoms with Gasteiger partial charge in [-0.3, -0.25) is 0 Å². The molecule has 0 bridgehead atoms. The zero-order chi connectivity index (χ0) is 11.8. The summed E-state index contributed by atoms with van der Waals surface area (Å²) >= 11 is 5.75. The number of fused-ring (bicyclic) bond motifs is 1. The van der Waals surface area contributed by atoms with Gasteiger partial charge >= 0.3 is 0 Å². The van der Waals surface area contributed by atoms with Gasteiger partial charge in [-0.2, -0.15) is 0 Å². The first-order valence-electron chi connectivity index (χ1n) is 5.46. The molecule has 0 saturated carbocycles. The van der Waals surface area contributed by atoms with Crippen LogP contribution in [-0.4, -0.2) is 16.5 Å². The molecule has 2 heterocycles. The largest absolute Gasteiger partial charge is 0.348 e. The molecule has 3 nitrogen and oxygen atoms in total. The van der Waals surface area contributed by atoms with Gasteiger partial charge in [0.25, 0.3) is 0 Å². The van der Waals surface area contributed by atoms with Crippen LogP contribution >= 0.6 is 11.6 Å². The normalized spacial score (nSPS) is 19.1. The molecular formula is C12H11ClFN3. The maximum absolute atomic E-state index is 13.9. The molecule has 2 aromatic rings. The SMILES string of the molecule is Fc1cc(Cl)ccc1[C@@H]1NCCc2[nH]cnc21. The van der Waals surface area contributed by atoms with E-state index >= 15 is 0 Å². The molecule has 1 aliphatic rings. The number of aromatic nitrogens is 2. The molecule has 0 aliphatic carbocycles. The molecule has 0 spiro atoms. The Hall–Kier alpha value is -1.39. The highest BCUT2D eigenvalue weighted by Crippen LogP contribution is 2.29. The predicted octanol–water partition coefficient (Wildman–Crippen LogP) is 2.44. The summed E-state index contributed by atoms with van der Waals surface area (Å²) in [5, 5.41) is 3.68. The molecule has 3 rings (SSSR count). The Kier molecular flexibility index (Phi) is 2.61. The number of H-pyrrole nitrogens is 1. The van der Waals surface area contributed by atoms with E-state index in [0.29, 0.717) is 10.6 Å². The van der Waals surface area contributed by atoms with E-state index in [0.717, 1.165) is 24.4 Å². The third-order valence-electron chi connectivity index (χ3n) is 3.02. The summed E-state index contributed by atoms with van der Waals surface area (Å²) in [5.41, 5.74) is 2.53. The van der Waals surface area contributed by atoms with Gasteiger partial charge in [-0.15, -0.1) is 0 Å². The topological polar surface area (TPSA) is 40.7 Å². The number of halogens is 2. The van der Waals surface area contributed by atoms with Crippen LogP contribution in [0.25, 0.3) is 0 Å². The van der Waals surface area contributed by atoms with Crippen molar-refractivity contribution in [1.82, 2.24) is 15.3 Å². The van der Waals surface area contributed by atoms with Crippen LogP contribution in [0.1, 0.15) is 23.0 Å². The molecule has 1 aliphatic heterocycles. The lowest BCUT2D eigenvalue weighted by atomic mass is 9.97. The molecule has 2 N–H and O–H groups in total. The first kappa shape index (κ1) is 10.7. The number of imidazole rings is 1. The van der Waals surface area contributed by atoms with Crippen molar-refractivity contribution in [1.29, 1.82) is 0 Å². The Labute approximate surface area is 103 Å². The van der Waals surface area contributed by atoms with Crippen molar-refractivity contribution in [2.45, 2.75) is 12.5 Å². The Morgan fingerprint density at radius 1 is 1.41 bits per heavy atom. The molecular weight excluding hydrogens is 241 g/mol. The van der Waals surface area contributed by atoms with Crippen LogP contribution in [0.4, 0.5) is 4.39 Å². The second kappa shape index (κ2) is 4.13. The number of rotatable bonds is 1. The molecule has 0 fully saturated rings. The number of hydrogen-bond donors (Lipinski definition) is 2. The third kappa shape index (κ3) is 1.83. The average Bonchev–Trinajstić information content (AvgIpc) is 2.77. The minimum atomic E-state index is -0.300. The fraction of sp³-hybridized carbons (Fsp3) is 0.250. The van der Waals surface area contributed by atoms with Crippen molar-refractivity contribution in [3.8, 4) is 0 Å². The second-order valence-corrected chi connectivity index (χ2v) is 4.51. The zero-order valence-electron chi connectivity index (χ0n) is 9.00. The van der Waals surface area contributed by atoms with Gasteiger partial charge in [-0.05, 0) is 12.1 Å². The van der Waals surface area contributed by atoms with E-state index in [1.165, 1.54) is 6.07 Å². The van der Waals surface area contributed by atoms with Crippen molar-refractivity contribution in [3.05, 3.63) is 52.3 Å². The quantitative estimate of drug-likeness (QED) is 0.817. The van der Waals surface area contributed by atoms with Crippen LogP contribution in [0.3, 0.4) is 0 Å². The lowest BCUT2D eigenvalue weighted by molar-refractivity contribution is 0.518. The monoisotopic (exact) mass is 251 g/mol. The maximum atomic E-state index is 13.9. The molecule has 5 heteroatoms. The van der Waals surface area contributed by atoms with Gasteiger partial charge in [0.05, 0.1) is 18.1 Å². The molecule has 17 heavy (non-hydrogen) atoms. The summed E-state index contributed by atoms with van der Waals surface area (Å²) in [6.45, 7) is 0.807. The standard InChI is InChI=1S/C12H11ClFN3/c13-7-1-2-8(9(14)5-7)11-12-10(3-4-15-11)16-6-17-12/h1-2,5-6,11,15H,3-4H2,(H,16,17)/t11-/m0/s1. The Morgan fingerprint density at radius 2 is 2.29 bits per heavy atom. The van der Waals surface area contributed by atoms with Gasteiger partial charge in [0, 0.05) is 29.2 Å². The fourth-order valence-corrected chi connectivity index (χ4v) is 2.37. The van der Waals surface area contributed by atoms with E-state index in [1.54, 1.807) is 18.5 Å². The van der Waals surface area contributed by atoms with Crippen LogP contribution in [-0.2, 0) is 6.42 Å². The van der Waals surface area contributed by atoms with Crippen molar-refractivity contribution < 1.29 is 4.39 Å². The highest BCUT2D eigenvalue weighted by atomic mass is 35.5. The van der Waals surface area contributed by atoms with Crippen LogP contribution in [0.2, 0.25) is 5.02 Å². The summed E-state index contributed by atoms with van der Waals surface area (Å²) in [7, 11) is 0. The minimum Gasteiger partial charge on any atom is -0.348 e. The first-order chi connectivity index (χ1) is 8.25. The predicted molar refractivity (Wildman–Crippen MR) is 63.5 cm³/mol. The van der Waals surface area contributed by atoms with E-state index in [1.807, 2.05) is 0 Å². The zero-order valence-corrected chi connectivity index (χ0v) is 9.76. The average molecular weight is 252 g/mol. The van der Waals surface area contributed by atoms with Crippen molar-refractivity contribution in [3.63, 3.8) is 0 Å². The summed E-state index contributed by atoms with van der Waals surface area (Å²) in [5.74, 6) is -0.300. The molecule has 0 unspecified atom stereocenters. The van der Waals surface area contributed by atoms with E-state index in [-0.39, 0.29) is 11.9 Å². The van der Waals surface area contributed by atoms with Gasteiger partial charge in [0.15, 0.2) is 0 Å². The Morgan fingerprint density at radius 3 is 3.12 bits per heavy atom. The van der Waals surface area contributed by atoms with Gasteiger partial charge in [-0.25, -0.2) is 9.37 Å². The molecule has 1 aromatic carbocycles. The van der Waals surface area contributed by atoms with Crippen LogP contribution in [0, 0.1) is 5.82 Å². The smallest absolute Gasteiger partial charge is 0.129 e. The van der Waals surface area contributed by atoms with E-state index in [9.17, 15) is 4.39 Å². The molecule has 0 saturated heterocycles. The molecule has 1 atom stereocenters. The Bertz CT molecular complexity index is 552. The highest BCUT2D eigenvalue weighted by molar-refractivity contribution is 6.30. The summed E-state index contributed by atoms with van der Waals surface area (Å²) in [6, 6.07) is 4.54. The summed E-state index contributed by atoms with van der Waals surface area (Å²) in [4.78, 5) is 7.35. The molecule has 0 radical (unpaired) electrons. The molecule has 0 amide bonds. The molecule has 88 valence electrons. The van der Waals surface area contributed by atoms with Gasteiger partial charge in [-0.1, -0.05) is 17.7 Å². The van der Waals surface area contributed by atoms with Crippen LogP contribution in [0.15, 0.2) is 24.5 Å². The molecule has 1 aromatic heterocycles. The van der Waals surface area contributed by atoms with Gasteiger partial charge in [0.1, 0.15) is 5.82 Å². The van der Waals surface area contributed by atoms with Crippen LogP contribution < -0.4 is 5.32 Å². The van der Waals surface area contributed by atoms with Crippen molar-refractivity contribution >= 4 is 11.6 Å². The summed E-state index contributed by atoms with van der Waals surface area (Å²) in [6.07, 6.45) is 2.54. The van der Waals surface area contributed by atoms with Gasteiger partial charge < -0.3 is 10.3 Å². The second-order valence-electron chi connectivity index (χ2n) is 4.07. The highest BCUT2D eigenvalue weighted by Gasteiger charge is 2.25. The minimum absolute atomic E-state index is 0.192. The number of benzene rings is 1. The Balaban J connectivity index is 2.06. The number of aromatic amines is 1. The van der Waals surface area contributed by atoms with Crippen molar-refractivity contribution in [2.24, 2.45) is 0 Å². The summed E-state index contributed by atoms with van der Waals surface area (Å²) < 4.78 is 13.9.